The second kappa shape index (κ2) is 4.29. The van der Waals surface area contributed by atoms with Crippen molar-refractivity contribution in [2.75, 3.05) is 7.11 Å². The van der Waals surface area contributed by atoms with Gasteiger partial charge >= 0.3 is 0 Å². The van der Waals surface area contributed by atoms with Gasteiger partial charge in [0.2, 0.25) is 0 Å². The minimum Gasteiger partial charge on any atom is -0.496 e. The van der Waals surface area contributed by atoms with Crippen molar-refractivity contribution in [2.24, 2.45) is 17.8 Å². The van der Waals surface area contributed by atoms with Gasteiger partial charge in [0.15, 0.2) is 0 Å². The summed E-state index contributed by atoms with van der Waals surface area (Å²) in [6.45, 7) is 0. The quantitative estimate of drug-likeness (QED) is 0.924. The van der Waals surface area contributed by atoms with E-state index in [-0.39, 0.29) is 6.10 Å². The Kier molecular flexibility index (Phi) is 2.91. The summed E-state index contributed by atoms with van der Waals surface area (Å²) < 4.78 is 6.12. The van der Waals surface area contributed by atoms with Crippen LogP contribution in [0.4, 0.5) is 0 Å². The van der Waals surface area contributed by atoms with E-state index in [1.165, 1.54) is 19.3 Å². The number of rotatable bonds is 3. The summed E-state index contributed by atoms with van der Waals surface area (Å²) in [6.07, 6.45) is 3.67. The summed E-state index contributed by atoms with van der Waals surface area (Å²) in [5.41, 5.74) is 1.01. The van der Waals surface area contributed by atoms with Crippen LogP contribution in [0.2, 0.25) is 0 Å². The average Bonchev–Trinajstić information content (AvgIpc) is 2.81. The molecule has 1 N–H and O–H groups in total. The third-order valence-electron chi connectivity index (χ3n) is 4.35. The van der Waals surface area contributed by atoms with Crippen LogP contribution in [-0.4, -0.2) is 12.2 Å². The van der Waals surface area contributed by atoms with E-state index in [4.69, 9.17) is 4.74 Å². The molecular formula is C14H17BrO2. The van der Waals surface area contributed by atoms with Gasteiger partial charge in [-0.05, 0) is 64.2 Å². The minimum absolute atomic E-state index is 0.299. The molecule has 0 aromatic heterocycles. The van der Waals surface area contributed by atoms with E-state index >= 15 is 0 Å². The van der Waals surface area contributed by atoms with E-state index in [0.717, 1.165) is 27.6 Å². The van der Waals surface area contributed by atoms with Crippen molar-refractivity contribution in [3.05, 3.63) is 28.2 Å². The van der Waals surface area contributed by atoms with E-state index < -0.39 is 0 Å². The van der Waals surface area contributed by atoms with Crippen LogP contribution in [0.3, 0.4) is 0 Å². The first-order chi connectivity index (χ1) is 8.22. The lowest BCUT2D eigenvalue weighted by Gasteiger charge is -2.14. The topological polar surface area (TPSA) is 29.5 Å². The maximum absolute atomic E-state index is 10.4. The molecule has 3 rings (SSSR count). The molecule has 92 valence electrons. The van der Waals surface area contributed by atoms with Crippen molar-refractivity contribution in [1.82, 2.24) is 0 Å². The minimum atomic E-state index is -0.299. The van der Waals surface area contributed by atoms with Crippen molar-refractivity contribution >= 4 is 15.9 Å². The Hall–Kier alpha value is -0.540. The maximum atomic E-state index is 10.4. The lowest BCUT2D eigenvalue weighted by molar-refractivity contribution is 0.137. The molecule has 2 fully saturated rings. The smallest absolute Gasteiger partial charge is 0.133 e. The Labute approximate surface area is 110 Å². The molecule has 17 heavy (non-hydrogen) atoms. The van der Waals surface area contributed by atoms with Crippen molar-refractivity contribution in [3.8, 4) is 5.75 Å². The van der Waals surface area contributed by atoms with Crippen LogP contribution in [0.1, 0.15) is 30.9 Å². The van der Waals surface area contributed by atoms with Gasteiger partial charge in [0, 0.05) is 0 Å². The molecule has 2 aliphatic rings. The number of hydrogen-bond donors (Lipinski definition) is 1. The fourth-order valence-corrected chi connectivity index (χ4v) is 3.99. The first-order valence-electron chi connectivity index (χ1n) is 6.24. The third-order valence-corrected chi connectivity index (χ3v) is 4.97. The molecule has 0 amide bonds. The number of halogens is 1. The molecule has 2 saturated carbocycles. The zero-order valence-corrected chi connectivity index (χ0v) is 11.5. The molecular weight excluding hydrogens is 280 g/mol. The second-order valence-corrected chi connectivity index (χ2v) is 6.03. The summed E-state index contributed by atoms with van der Waals surface area (Å²) in [5.74, 6) is 2.89. The standard InChI is InChI=1S/C14H17BrO2/c1-17-12-6-5-8(7-11(12)15)14(16)13-9-3-2-4-10(9)13/h5-7,9-10,13-14,16H,2-4H2,1H3. The van der Waals surface area contributed by atoms with Crippen LogP contribution in [-0.2, 0) is 0 Å². The van der Waals surface area contributed by atoms with Crippen LogP contribution in [0.15, 0.2) is 22.7 Å². The van der Waals surface area contributed by atoms with Crippen molar-refractivity contribution in [1.29, 1.82) is 0 Å². The zero-order valence-electron chi connectivity index (χ0n) is 9.90. The Balaban J connectivity index is 1.78. The summed E-state index contributed by atoms with van der Waals surface area (Å²) in [6, 6.07) is 5.88. The molecule has 1 aromatic carbocycles. The number of aliphatic hydroxyl groups is 1. The number of fused-ring (bicyclic) bond motifs is 1. The highest BCUT2D eigenvalue weighted by Crippen LogP contribution is 2.62. The first-order valence-corrected chi connectivity index (χ1v) is 7.03. The van der Waals surface area contributed by atoms with Gasteiger partial charge in [-0.25, -0.2) is 0 Å². The highest BCUT2D eigenvalue weighted by molar-refractivity contribution is 9.10. The number of methoxy groups -OCH3 is 1. The van der Waals surface area contributed by atoms with E-state index in [9.17, 15) is 5.11 Å². The fourth-order valence-electron chi connectivity index (χ4n) is 3.43. The molecule has 3 heteroatoms. The van der Waals surface area contributed by atoms with Crippen molar-refractivity contribution in [3.63, 3.8) is 0 Å². The van der Waals surface area contributed by atoms with Crippen LogP contribution in [0.5, 0.6) is 5.75 Å². The zero-order chi connectivity index (χ0) is 12.0. The van der Waals surface area contributed by atoms with Gasteiger partial charge in [0.1, 0.15) is 5.75 Å². The molecule has 0 spiro atoms. The van der Waals surface area contributed by atoms with Crippen molar-refractivity contribution < 1.29 is 9.84 Å². The molecule has 3 atom stereocenters. The van der Waals surface area contributed by atoms with Crippen LogP contribution in [0.25, 0.3) is 0 Å². The lowest BCUT2D eigenvalue weighted by Crippen LogP contribution is -2.04. The Morgan fingerprint density at radius 1 is 1.35 bits per heavy atom. The monoisotopic (exact) mass is 296 g/mol. The van der Waals surface area contributed by atoms with Gasteiger partial charge in [-0.15, -0.1) is 0 Å². The largest absolute Gasteiger partial charge is 0.496 e. The van der Waals surface area contributed by atoms with Gasteiger partial charge in [-0.3, -0.25) is 0 Å². The van der Waals surface area contributed by atoms with E-state index in [0.29, 0.717) is 5.92 Å². The van der Waals surface area contributed by atoms with E-state index in [1.807, 2.05) is 18.2 Å². The lowest BCUT2D eigenvalue weighted by atomic mass is 9.99. The normalized spacial score (nSPS) is 32.1. The van der Waals surface area contributed by atoms with Crippen LogP contribution >= 0.6 is 15.9 Å². The van der Waals surface area contributed by atoms with Gasteiger partial charge < -0.3 is 9.84 Å². The molecule has 0 radical (unpaired) electrons. The van der Waals surface area contributed by atoms with Crippen LogP contribution < -0.4 is 4.74 Å². The highest BCUT2D eigenvalue weighted by atomic mass is 79.9. The third kappa shape index (κ3) is 1.89. The number of benzene rings is 1. The summed E-state index contributed by atoms with van der Waals surface area (Å²) in [5, 5.41) is 10.4. The molecule has 2 aliphatic carbocycles. The van der Waals surface area contributed by atoms with Gasteiger partial charge in [-0.2, -0.15) is 0 Å². The molecule has 0 bridgehead atoms. The molecule has 3 unspecified atom stereocenters. The summed E-state index contributed by atoms with van der Waals surface area (Å²) in [4.78, 5) is 0. The summed E-state index contributed by atoms with van der Waals surface area (Å²) in [7, 11) is 1.65. The Morgan fingerprint density at radius 3 is 2.65 bits per heavy atom. The Bertz CT molecular complexity index is 422. The molecule has 0 saturated heterocycles. The van der Waals surface area contributed by atoms with E-state index in [1.54, 1.807) is 7.11 Å². The number of hydrogen-bond acceptors (Lipinski definition) is 2. The van der Waals surface area contributed by atoms with Gasteiger partial charge in [0.05, 0.1) is 17.7 Å². The van der Waals surface area contributed by atoms with Gasteiger partial charge in [-0.1, -0.05) is 12.5 Å². The highest BCUT2D eigenvalue weighted by Gasteiger charge is 2.55. The van der Waals surface area contributed by atoms with E-state index in [2.05, 4.69) is 15.9 Å². The molecule has 1 aromatic rings. The summed E-state index contributed by atoms with van der Waals surface area (Å²) >= 11 is 3.47. The van der Waals surface area contributed by atoms with Gasteiger partial charge in [0.25, 0.3) is 0 Å². The SMILES string of the molecule is COc1ccc(C(O)C2C3CCCC32)cc1Br. The number of ether oxygens (including phenoxy) is 1. The predicted octanol–water partition coefficient (Wildman–Crippen LogP) is 3.54. The number of aliphatic hydroxyl groups excluding tert-OH is 1. The molecule has 0 aliphatic heterocycles. The van der Waals surface area contributed by atoms with Crippen molar-refractivity contribution in [2.45, 2.75) is 25.4 Å². The Morgan fingerprint density at radius 2 is 2.06 bits per heavy atom. The second-order valence-electron chi connectivity index (χ2n) is 5.17. The average molecular weight is 297 g/mol. The predicted molar refractivity (Wildman–Crippen MR) is 70.0 cm³/mol. The van der Waals surface area contributed by atoms with Crippen LogP contribution in [0, 0.1) is 17.8 Å². The molecule has 0 heterocycles. The maximum Gasteiger partial charge on any atom is 0.133 e. The fraction of sp³-hybridized carbons (Fsp3) is 0.571. The molecule has 2 nitrogen and oxygen atoms in total. The first kappa shape index (κ1) is 11.5.